The van der Waals surface area contributed by atoms with Crippen LogP contribution in [0.3, 0.4) is 0 Å². The summed E-state index contributed by atoms with van der Waals surface area (Å²) >= 11 is 3.39. The Morgan fingerprint density at radius 3 is 2.79 bits per heavy atom. The minimum absolute atomic E-state index is 0.0891. The van der Waals surface area contributed by atoms with Crippen molar-refractivity contribution < 1.29 is 22.1 Å². The summed E-state index contributed by atoms with van der Waals surface area (Å²) in [5, 5.41) is 3.75. The number of methoxy groups -OCH3 is 1. The van der Waals surface area contributed by atoms with E-state index in [2.05, 4.69) is 26.1 Å². The van der Waals surface area contributed by atoms with Gasteiger partial charge in [0.15, 0.2) is 15.7 Å². The molecule has 0 bridgehead atoms. The highest BCUT2D eigenvalue weighted by molar-refractivity contribution is 9.10. The standard InChI is InChI=1S/C15H13BrN2O5S/c1-21-10-4-5-13(16)12(7-10)15-17-14(18-23-15)9-24(19,20)8-11-3-2-6-22-11/h2-7H,8-9H2,1H3. The molecule has 24 heavy (non-hydrogen) atoms. The zero-order valence-electron chi connectivity index (χ0n) is 12.6. The second kappa shape index (κ2) is 6.78. The predicted octanol–water partition coefficient (Wildman–Crippen LogP) is 3.22. The molecule has 0 saturated heterocycles. The van der Waals surface area contributed by atoms with E-state index < -0.39 is 9.84 Å². The average Bonchev–Trinajstić information content (AvgIpc) is 3.19. The number of benzene rings is 1. The van der Waals surface area contributed by atoms with E-state index in [1.165, 1.54) is 6.26 Å². The van der Waals surface area contributed by atoms with Gasteiger partial charge in [-0.2, -0.15) is 4.98 Å². The number of rotatable bonds is 6. The number of ether oxygens (including phenoxy) is 1. The van der Waals surface area contributed by atoms with Crippen molar-refractivity contribution in [2.45, 2.75) is 11.5 Å². The van der Waals surface area contributed by atoms with Gasteiger partial charge in [-0.1, -0.05) is 5.16 Å². The van der Waals surface area contributed by atoms with Crippen LogP contribution in [0.2, 0.25) is 0 Å². The quantitative estimate of drug-likeness (QED) is 0.612. The highest BCUT2D eigenvalue weighted by atomic mass is 79.9. The Hall–Kier alpha value is -2.13. The van der Waals surface area contributed by atoms with Crippen molar-refractivity contribution in [1.82, 2.24) is 10.1 Å². The smallest absolute Gasteiger partial charge is 0.259 e. The number of hydrogen-bond donors (Lipinski definition) is 0. The summed E-state index contributed by atoms with van der Waals surface area (Å²) in [5.41, 5.74) is 0.622. The molecule has 0 aliphatic rings. The maximum absolute atomic E-state index is 12.2. The van der Waals surface area contributed by atoms with Crippen LogP contribution in [0.5, 0.6) is 5.75 Å². The van der Waals surface area contributed by atoms with Gasteiger partial charge in [-0.25, -0.2) is 8.42 Å². The minimum atomic E-state index is -3.46. The molecule has 2 aromatic heterocycles. The van der Waals surface area contributed by atoms with Gasteiger partial charge in [-0.15, -0.1) is 0 Å². The van der Waals surface area contributed by atoms with Crippen LogP contribution < -0.4 is 4.74 Å². The van der Waals surface area contributed by atoms with Crippen molar-refractivity contribution in [3.63, 3.8) is 0 Å². The molecular weight excluding hydrogens is 400 g/mol. The SMILES string of the molecule is COc1ccc(Br)c(-c2nc(CS(=O)(=O)Cc3ccco3)no2)c1. The fourth-order valence-corrected chi connectivity index (χ4v) is 3.70. The zero-order valence-corrected chi connectivity index (χ0v) is 15.0. The third-order valence-corrected chi connectivity index (χ3v) is 5.28. The molecule has 3 aromatic rings. The second-order valence-electron chi connectivity index (χ2n) is 4.97. The van der Waals surface area contributed by atoms with Crippen LogP contribution in [0.1, 0.15) is 11.6 Å². The molecule has 7 nitrogen and oxygen atoms in total. The van der Waals surface area contributed by atoms with Crippen LogP contribution in [0.4, 0.5) is 0 Å². The molecule has 0 aliphatic carbocycles. The summed E-state index contributed by atoms with van der Waals surface area (Å²) < 4.78 is 40.5. The lowest BCUT2D eigenvalue weighted by molar-refractivity contribution is 0.412. The molecule has 0 spiro atoms. The van der Waals surface area contributed by atoms with E-state index in [0.717, 1.165) is 4.47 Å². The first-order valence-corrected chi connectivity index (χ1v) is 9.47. The summed E-state index contributed by atoms with van der Waals surface area (Å²) in [5.74, 6) is 0.744. The van der Waals surface area contributed by atoms with E-state index in [9.17, 15) is 8.42 Å². The van der Waals surface area contributed by atoms with Gasteiger partial charge >= 0.3 is 0 Å². The Balaban J connectivity index is 1.81. The molecule has 3 rings (SSSR count). The Kier molecular flexibility index (Phi) is 4.72. The van der Waals surface area contributed by atoms with E-state index in [0.29, 0.717) is 17.1 Å². The lowest BCUT2D eigenvalue weighted by Gasteiger charge is -2.03. The molecule has 0 radical (unpaired) electrons. The molecule has 1 aromatic carbocycles. The molecular formula is C15H13BrN2O5S. The van der Waals surface area contributed by atoms with E-state index in [-0.39, 0.29) is 23.2 Å². The zero-order chi connectivity index (χ0) is 17.2. The first-order valence-electron chi connectivity index (χ1n) is 6.86. The first kappa shape index (κ1) is 16.7. The fraction of sp³-hybridized carbons (Fsp3) is 0.200. The van der Waals surface area contributed by atoms with Crippen LogP contribution in [0.15, 0.2) is 50.0 Å². The van der Waals surface area contributed by atoms with Crippen LogP contribution >= 0.6 is 15.9 Å². The monoisotopic (exact) mass is 412 g/mol. The molecule has 2 heterocycles. The Morgan fingerprint density at radius 2 is 2.08 bits per heavy atom. The summed E-state index contributed by atoms with van der Waals surface area (Å²) in [6.45, 7) is 0. The predicted molar refractivity (Wildman–Crippen MR) is 89.0 cm³/mol. The topological polar surface area (TPSA) is 95.4 Å². The molecule has 0 unspecified atom stereocenters. The third-order valence-electron chi connectivity index (χ3n) is 3.16. The molecule has 0 aliphatic heterocycles. The van der Waals surface area contributed by atoms with Gasteiger partial charge in [0.1, 0.15) is 23.0 Å². The molecule has 0 atom stereocenters. The van der Waals surface area contributed by atoms with E-state index in [1.807, 2.05) is 0 Å². The number of halogens is 1. The number of sulfone groups is 1. The summed E-state index contributed by atoms with van der Waals surface area (Å²) in [7, 11) is -1.92. The van der Waals surface area contributed by atoms with Crippen LogP contribution in [0.25, 0.3) is 11.5 Å². The van der Waals surface area contributed by atoms with Gasteiger partial charge in [0.25, 0.3) is 5.89 Å². The minimum Gasteiger partial charge on any atom is -0.497 e. The molecule has 0 N–H and O–H groups in total. The maximum Gasteiger partial charge on any atom is 0.259 e. The molecule has 9 heteroatoms. The van der Waals surface area contributed by atoms with Gasteiger partial charge in [-0.3, -0.25) is 0 Å². The molecule has 0 amide bonds. The van der Waals surface area contributed by atoms with E-state index in [1.54, 1.807) is 37.4 Å². The van der Waals surface area contributed by atoms with Crippen LogP contribution in [-0.4, -0.2) is 25.7 Å². The highest BCUT2D eigenvalue weighted by Gasteiger charge is 2.20. The van der Waals surface area contributed by atoms with Gasteiger partial charge < -0.3 is 13.7 Å². The molecule has 0 saturated carbocycles. The van der Waals surface area contributed by atoms with Gasteiger partial charge in [-0.05, 0) is 46.3 Å². The number of hydrogen-bond acceptors (Lipinski definition) is 7. The van der Waals surface area contributed by atoms with E-state index >= 15 is 0 Å². The summed E-state index contributed by atoms with van der Waals surface area (Å²) in [4.78, 5) is 4.16. The Labute approximate surface area is 146 Å². The van der Waals surface area contributed by atoms with Crippen molar-refractivity contribution in [2.24, 2.45) is 0 Å². The van der Waals surface area contributed by atoms with Gasteiger partial charge in [0.05, 0.1) is 18.9 Å². The highest BCUT2D eigenvalue weighted by Crippen LogP contribution is 2.30. The van der Waals surface area contributed by atoms with Crippen molar-refractivity contribution in [3.05, 3.63) is 52.7 Å². The van der Waals surface area contributed by atoms with Crippen LogP contribution in [0, 0.1) is 0 Å². The lowest BCUT2D eigenvalue weighted by Crippen LogP contribution is -2.08. The number of aromatic nitrogens is 2. The van der Waals surface area contributed by atoms with Crippen molar-refractivity contribution in [3.8, 4) is 17.2 Å². The Morgan fingerprint density at radius 1 is 1.25 bits per heavy atom. The fourth-order valence-electron chi connectivity index (χ4n) is 2.08. The third kappa shape index (κ3) is 3.85. The van der Waals surface area contributed by atoms with Crippen molar-refractivity contribution in [1.29, 1.82) is 0 Å². The first-order chi connectivity index (χ1) is 11.5. The van der Waals surface area contributed by atoms with Crippen molar-refractivity contribution >= 4 is 25.8 Å². The molecule has 126 valence electrons. The van der Waals surface area contributed by atoms with Crippen LogP contribution in [-0.2, 0) is 21.3 Å². The normalized spacial score (nSPS) is 11.6. The van der Waals surface area contributed by atoms with E-state index in [4.69, 9.17) is 13.7 Å². The number of nitrogens with zero attached hydrogens (tertiary/aromatic N) is 2. The molecule has 0 fully saturated rings. The maximum atomic E-state index is 12.2. The largest absolute Gasteiger partial charge is 0.497 e. The Bertz CT molecular complexity index is 935. The lowest BCUT2D eigenvalue weighted by atomic mass is 10.2. The number of furan rings is 1. The van der Waals surface area contributed by atoms with Gasteiger partial charge in [0, 0.05) is 4.47 Å². The second-order valence-corrected chi connectivity index (χ2v) is 7.89. The van der Waals surface area contributed by atoms with Crippen molar-refractivity contribution in [2.75, 3.05) is 7.11 Å². The summed E-state index contributed by atoms with van der Waals surface area (Å²) in [6.07, 6.45) is 1.43. The average molecular weight is 413 g/mol. The van der Waals surface area contributed by atoms with Gasteiger partial charge in [0.2, 0.25) is 0 Å². The summed E-state index contributed by atoms with van der Waals surface area (Å²) in [6, 6.07) is 8.52.